The van der Waals surface area contributed by atoms with E-state index in [1.165, 1.54) is 244 Å². The zero-order valence-corrected chi connectivity index (χ0v) is 48.0. The van der Waals surface area contributed by atoms with Crippen LogP contribution in [0.15, 0.2) is 24.3 Å². The quantitative estimate of drug-likeness (QED) is 0.0261. The van der Waals surface area contributed by atoms with Crippen molar-refractivity contribution in [1.29, 1.82) is 0 Å². The second-order valence-electron chi connectivity index (χ2n) is 21.7. The summed E-state index contributed by atoms with van der Waals surface area (Å²) in [7, 11) is 0. The molecular weight excluding hydrogens is 877 g/mol. The van der Waals surface area contributed by atoms with Gasteiger partial charge in [-0.05, 0) is 70.6 Å². The van der Waals surface area contributed by atoms with Crippen LogP contribution in [0.1, 0.15) is 355 Å². The van der Waals surface area contributed by atoms with E-state index >= 15 is 0 Å². The van der Waals surface area contributed by atoms with Crippen molar-refractivity contribution in [1.82, 2.24) is 0 Å². The SMILES string of the molecule is CCCCC/C=C\CCCCCCCC(=O)OCC(COC(=O)CCCCCCCCCCCCCCCCCCCCCCCCCCC)OC(=O)CCCCCCC/C=C\CCCCCCCCC. The van der Waals surface area contributed by atoms with Gasteiger partial charge in [0, 0.05) is 19.3 Å². The lowest BCUT2D eigenvalue weighted by Crippen LogP contribution is -2.30. The average Bonchev–Trinajstić information content (AvgIpc) is 3.37. The van der Waals surface area contributed by atoms with Crippen LogP contribution in [0.5, 0.6) is 0 Å². The van der Waals surface area contributed by atoms with Crippen molar-refractivity contribution in [3.63, 3.8) is 0 Å². The molecule has 1 atom stereocenters. The molecule has 0 radical (unpaired) electrons. The Balaban J connectivity index is 4.20. The number of rotatable bonds is 59. The number of carbonyl (C=O) groups excluding carboxylic acids is 3. The van der Waals surface area contributed by atoms with Crippen LogP contribution in [-0.2, 0) is 28.6 Å². The van der Waals surface area contributed by atoms with Gasteiger partial charge in [0.05, 0.1) is 0 Å². The van der Waals surface area contributed by atoms with Crippen molar-refractivity contribution in [3.05, 3.63) is 24.3 Å². The molecule has 0 aromatic heterocycles. The van der Waals surface area contributed by atoms with E-state index in [-0.39, 0.29) is 31.1 Å². The van der Waals surface area contributed by atoms with Crippen molar-refractivity contribution in [2.45, 2.75) is 361 Å². The first-order valence-corrected chi connectivity index (χ1v) is 31.8. The standard InChI is InChI=1S/C65H122O6/c1-4-7-10-13-16-19-22-25-27-29-30-31-32-33-34-35-36-37-39-40-43-46-49-52-55-58-64(67)70-61-62(60-69-63(66)57-54-51-48-45-42-24-21-18-15-12-9-6-3)71-65(68)59-56-53-50-47-44-41-38-28-26-23-20-17-14-11-8-5-2/h18,21,28,38,62H,4-17,19-20,22-27,29-37,39-61H2,1-3H3/b21-18-,38-28-. The first-order valence-electron chi connectivity index (χ1n) is 31.8. The molecule has 0 aliphatic heterocycles. The van der Waals surface area contributed by atoms with Gasteiger partial charge in [-0.3, -0.25) is 14.4 Å². The van der Waals surface area contributed by atoms with Gasteiger partial charge in [0.2, 0.25) is 0 Å². The predicted molar refractivity (Wildman–Crippen MR) is 307 cm³/mol. The zero-order chi connectivity index (χ0) is 51.4. The summed E-state index contributed by atoms with van der Waals surface area (Å²) in [6.45, 7) is 6.66. The Morgan fingerprint density at radius 2 is 0.465 bits per heavy atom. The van der Waals surface area contributed by atoms with Crippen LogP contribution in [0, 0.1) is 0 Å². The second-order valence-corrected chi connectivity index (χ2v) is 21.7. The van der Waals surface area contributed by atoms with Gasteiger partial charge in [-0.2, -0.15) is 0 Å². The summed E-state index contributed by atoms with van der Waals surface area (Å²) in [5.41, 5.74) is 0. The summed E-state index contributed by atoms with van der Waals surface area (Å²) in [4.78, 5) is 38.2. The van der Waals surface area contributed by atoms with Crippen molar-refractivity contribution >= 4 is 17.9 Å². The van der Waals surface area contributed by atoms with Crippen LogP contribution in [-0.4, -0.2) is 37.2 Å². The lowest BCUT2D eigenvalue weighted by molar-refractivity contribution is -0.167. The van der Waals surface area contributed by atoms with E-state index in [1.54, 1.807) is 0 Å². The maximum absolute atomic E-state index is 12.9. The first kappa shape index (κ1) is 68.9. The molecule has 0 aromatic rings. The molecule has 6 heteroatoms. The summed E-state index contributed by atoms with van der Waals surface area (Å²) in [6.07, 6.45) is 71.9. The number of esters is 3. The average molecular weight is 1000 g/mol. The number of allylic oxidation sites excluding steroid dienone is 4. The highest BCUT2D eigenvalue weighted by atomic mass is 16.6. The van der Waals surface area contributed by atoms with E-state index in [9.17, 15) is 14.4 Å². The third kappa shape index (κ3) is 58.7. The topological polar surface area (TPSA) is 78.9 Å². The van der Waals surface area contributed by atoms with Gasteiger partial charge in [0.1, 0.15) is 13.2 Å². The van der Waals surface area contributed by atoms with Crippen LogP contribution < -0.4 is 0 Å². The van der Waals surface area contributed by atoms with Crippen LogP contribution >= 0.6 is 0 Å². The lowest BCUT2D eigenvalue weighted by atomic mass is 10.0. The normalized spacial score (nSPS) is 12.1. The molecule has 0 bridgehead atoms. The third-order valence-electron chi connectivity index (χ3n) is 14.4. The van der Waals surface area contributed by atoms with E-state index in [0.717, 1.165) is 70.6 Å². The molecule has 1 unspecified atom stereocenters. The molecule has 0 saturated carbocycles. The summed E-state index contributed by atoms with van der Waals surface area (Å²) >= 11 is 0. The van der Waals surface area contributed by atoms with Crippen molar-refractivity contribution in [2.24, 2.45) is 0 Å². The highest BCUT2D eigenvalue weighted by Crippen LogP contribution is 2.18. The number of hydrogen-bond donors (Lipinski definition) is 0. The van der Waals surface area contributed by atoms with E-state index < -0.39 is 6.10 Å². The van der Waals surface area contributed by atoms with Crippen LogP contribution in [0.25, 0.3) is 0 Å². The molecule has 0 fully saturated rings. The fourth-order valence-corrected chi connectivity index (χ4v) is 9.61. The highest BCUT2D eigenvalue weighted by molar-refractivity contribution is 5.71. The molecule has 0 amide bonds. The van der Waals surface area contributed by atoms with E-state index in [0.29, 0.717) is 19.3 Å². The molecule has 0 aliphatic carbocycles. The molecule has 0 aliphatic rings. The second kappa shape index (κ2) is 60.4. The number of carbonyl (C=O) groups is 3. The molecule has 6 nitrogen and oxygen atoms in total. The number of ether oxygens (including phenoxy) is 3. The first-order chi connectivity index (χ1) is 35.0. The molecular formula is C65H122O6. The minimum absolute atomic E-state index is 0.0726. The maximum atomic E-state index is 12.9. The molecule has 0 spiro atoms. The van der Waals surface area contributed by atoms with Crippen LogP contribution in [0.2, 0.25) is 0 Å². The zero-order valence-electron chi connectivity index (χ0n) is 48.0. The van der Waals surface area contributed by atoms with Crippen molar-refractivity contribution in [2.75, 3.05) is 13.2 Å². The molecule has 71 heavy (non-hydrogen) atoms. The monoisotopic (exact) mass is 999 g/mol. The van der Waals surface area contributed by atoms with E-state index in [4.69, 9.17) is 14.2 Å². The van der Waals surface area contributed by atoms with Crippen LogP contribution in [0.3, 0.4) is 0 Å². The Labute approximate surface area is 443 Å². The Morgan fingerprint density at radius 1 is 0.268 bits per heavy atom. The lowest BCUT2D eigenvalue weighted by Gasteiger charge is -2.18. The predicted octanol–water partition coefficient (Wildman–Crippen LogP) is 21.4. The summed E-state index contributed by atoms with van der Waals surface area (Å²) in [6, 6.07) is 0. The minimum Gasteiger partial charge on any atom is -0.462 e. The molecule has 0 rings (SSSR count). The van der Waals surface area contributed by atoms with Crippen molar-refractivity contribution < 1.29 is 28.6 Å². The van der Waals surface area contributed by atoms with Gasteiger partial charge in [0.15, 0.2) is 6.10 Å². The summed E-state index contributed by atoms with van der Waals surface area (Å²) < 4.78 is 16.9. The van der Waals surface area contributed by atoms with Gasteiger partial charge in [0.25, 0.3) is 0 Å². The Bertz CT molecular complexity index is 1150. The van der Waals surface area contributed by atoms with Gasteiger partial charge >= 0.3 is 17.9 Å². The molecule has 418 valence electrons. The largest absolute Gasteiger partial charge is 0.462 e. The Hall–Kier alpha value is -2.11. The molecule has 0 aromatic carbocycles. The summed E-state index contributed by atoms with van der Waals surface area (Å²) in [5, 5.41) is 0. The van der Waals surface area contributed by atoms with Gasteiger partial charge in [-0.1, -0.05) is 289 Å². The molecule has 0 N–H and O–H groups in total. The smallest absolute Gasteiger partial charge is 0.306 e. The maximum Gasteiger partial charge on any atom is 0.306 e. The van der Waals surface area contributed by atoms with E-state index in [2.05, 4.69) is 45.1 Å². The van der Waals surface area contributed by atoms with Gasteiger partial charge in [-0.25, -0.2) is 0 Å². The Kier molecular flexibility index (Phi) is 58.6. The number of hydrogen-bond acceptors (Lipinski definition) is 6. The van der Waals surface area contributed by atoms with Gasteiger partial charge in [-0.15, -0.1) is 0 Å². The van der Waals surface area contributed by atoms with Gasteiger partial charge < -0.3 is 14.2 Å². The fraction of sp³-hybridized carbons (Fsp3) is 0.892. The minimum atomic E-state index is -0.776. The highest BCUT2D eigenvalue weighted by Gasteiger charge is 2.19. The van der Waals surface area contributed by atoms with Crippen molar-refractivity contribution in [3.8, 4) is 0 Å². The number of unbranched alkanes of at least 4 members (excludes halogenated alkanes) is 44. The Morgan fingerprint density at radius 3 is 0.732 bits per heavy atom. The summed E-state index contributed by atoms with van der Waals surface area (Å²) in [5.74, 6) is -0.868. The molecule has 0 saturated heterocycles. The van der Waals surface area contributed by atoms with Crippen LogP contribution in [0.4, 0.5) is 0 Å². The molecule has 0 heterocycles. The van der Waals surface area contributed by atoms with E-state index in [1.807, 2.05) is 0 Å². The third-order valence-corrected chi connectivity index (χ3v) is 14.4. The fourth-order valence-electron chi connectivity index (χ4n) is 9.61.